The van der Waals surface area contributed by atoms with Crippen molar-refractivity contribution in [3.63, 3.8) is 0 Å². The highest BCUT2D eigenvalue weighted by Crippen LogP contribution is 2.44. The quantitative estimate of drug-likeness (QED) is 0.650. The van der Waals surface area contributed by atoms with Gasteiger partial charge in [0.15, 0.2) is 0 Å². The summed E-state index contributed by atoms with van der Waals surface area (Å²) in [6.45, 7) is 3.29. The minimum absolute atomic E-state index is 0.174. The van der Waals surface area contributed by atoms with Gasteiger partial charge in [-0.2, -0.15) is 0 Å². The predicted octanol–water partition coefficient (Wildman–Crippen LogP) is 0.268. The topological polar surface area (TPSA) is 111 Å². The van der Waals surface area contributed by atoms with E-state index in [1.807, 2.05) is 6.08 Å². The Bertz CT molecular complexity index is 616. The summed E-state index contributed by atoms with van der Waals surface area (Å²) in [5, 5.41) is 3.48. The SMILES string of the molecule is CN1CCC(C2(C(N)=O)C=CC(C(N)=O)=C(NC3CCOCC3)C2)CC1. The first-order chi connectivity index (χ1) is 12.4. The molecule has 1 atom stereocenters. The van der Waals surface area contributed by atoms with Crippen LogP contribution in [-0.4, -0.2) is 56.1 Å². The fourth-order valence-corrected chi connectivity index (χ4v) is 4.40. The molecule has 3 aliphatic rings. The van der Waals surface area contributed by atoms with Crippen molar-refractivity contribution in [2.75, 3.05) is 33.4 Å². The molecular weight excluding hydrogens is 332 g/mol. The van der Waals surface area contributed by atoms with Gasteiger partial charge in [-0.3, -0.25) is 9.59 Å². The number of nitrogens with one attached hydrogen (secondary N) is 1. The molecule has 1 aliphatic carbocycles. The fourth-order valence-electron chi connectivity index (χ4n) is 4.40. The second-order valence-electron chi connectivity index (χ2n) is 7.78. The third-order valence-corrected chi connectivity index (χ3v) is 6.11. The summed E-state index contributed by atoms with van der Waals surface area (Å²) in [6.07, 6.45) is 7.54. The molecule has 0 radical (unpaired) electrons. The molecule has 26 heavy (non-hydrogen) atoms. The van der Waals surface area contributed by atoms with Crippen molar-refractivity contribution in [2.45, 2.75) is 38.1 Å². The molecule has 2 fully saturated rings. The number of nitrogens with two attached hydrogens (primary N) is 2. The van der Waals surface area contributed by atoms with E-state index in [0.717, 1.165) is 44.5 Å². The Morgan fingerprint density at radius 1 is 1.19 bits per heavy atom. The van der Waals surface area contributed by atoms with Crippen LogP contribution in [0.5, 0.6) is 0 Å². The van der Waals surface area contributed by atoms with E-state index in [1.54, 1.807) is 6.08 Å². The van der Waals surface area contributed by atoms with Crippen molar-refractivity contribution in [2.24, 2.45) is 22.8 Å². The van der Waals surface area contributed by atoms with E-state index < -0.39 is 11.3 Å². The second kappa shape index (κ2) is 7.80. The van der Waals surface area contributed by atoms with E-state index in [-0.39, 0.29) is 17.9 Å². The number of ether oxygens (including phenoxy) is 1. The summed E-state index contributed by atoms with van der Waals surface area (Å²) in [5.74, 6) is -0.622. The van der Waals surface area contributed by atoms with Gasteiger partial charge >= 0.3 is 0 Å². The molecule has 1 unspecified atom stereocenters. The highest BCUT2D eigenvalue weighted by Gasteiger charge is 2.46. The lowest BCUT2D eigenvalue weighted by Gasteiger charge is -2.43. The Morgan fingerprint density at radius 2 is 1.85 bits per heavy atom. The average Bonchev–Trinajstić information content (AvgIpc) is 2.62. The summed E-state index contributed by atoms with van der Waals surface area (Å²) in [6, 6.07) is 0.225. The molecule has 144 valence electrons. The van der Waals surface area contributed by atoms with Crippen molar-refractivity contribution in [1.82, 2.24) is 10.2 Å². The number of carbonyl (C=O) groups excluding carboxylic acids is 2. The zero-order chi connectivity index (χ0) is 18.7. The number of piperidine rings is 1. The summed E-state index contributed by atoms with van der Waals surface area (Å²) in [7, 11) is 2.09. The number of amides is 2. The van der Waals surface area contributed by atoms with Crippen LogP contribution in [0, 0.1) is 11.3 Å². The number of likely N-dealkylation sites (tertiary alicyclic amines) is 1. The third-order valence-electron chi connectivity index (χ3n) is 6.11. The van der Waals surface area contributed by atoms with Gasteiger partial charge in [-0.05, 0) is 51.7 Å². The molecule has 0 aromatic rings. The molecule has 0 saturated carbocycles. The third kappa shape index (κ3) is 3.78. The lowest BCUT2D eigenvalue weighted by Crippen LogP contribution is -2.49. The molecule has 2 amide bonds. The average molecular weight is 362 g/mol. The minimum Gasteiger partial charge on any atom is -0.385 e. The van der Waals surface area contributed by atoms with Crippen molar-refractivity contribution in [3.05, 3.63) is 23.4 Å². The van der Waals surface area contributed by atoms with E-state index in [2.05, 4.69) is 17.3 Å². The standard InChI is InChI=1S/C19H30N4O3/c1-23-8-3-13(4-9-23)19(18(21)25)7-2-15(17(20)24)16(12-19)22-14-5-10-26-11-6-14/h2,7,13-14,22H,3-6,8-12H2,1H3,(H2,20,24)(H2,21,25). The molecule has 5 N–H and O–H groups in total. The normalized spacial score (nSPS) is 29.0. The monoisotopic (exact) mass is 362 g/mol. The first kappa shape index (κ1) is 18.9. The van der Waals surface area contributed by atoms with Gasteiger partial charge in [0.1, 0.15) is 0 Å². The Balaban J connectivity index is 1.86. The van der Waals surface area contributed by atoms with Gasteiger partial charge in [-0.15, -0.1) is 0 Å². The largest absolute Gasteiger partial charge is 0.385 e. The van der Waals surface area contributed by atoms with Crippen molar-refractivity contribution < 1.29 is 14.3 Å². The van der Waals surface area contributed by atoms with E-state index in [0.29, 0.717) is 25.2 Å². The van der Waals surface area contributed by atoms with Crippen LogP contribution in [-0.2, 0) is 14.3 Å². The van der Waals surface area contributed by atoms with E-state index in [9.17, 15) is 9.59 Å². The zero-order valence-corrected chi connectivity index (χ0v) is 15.5. The number of primary amides is 2. The maximum atomic E-state index is 12.5. The molecule has 0 aromatic carbocycles. The highest BCUT2D eigenvalue weighted by molar-refractivity contribution is 5.97. The van der Waals surface area contributed by atoms with Crippen molar-refractivity contribution in [3.8, 4) is 0 Å². The van der Waals surface area contributed by atoms with Gasteiger partial charge in [0.25, 0.3) is 0 Å². The summed E-state index contributed by atoms with van der Waals surface area (Å²) < 4.78 is 5.41. The molecule has 7 heteroatoms. The number of carbonyl (C=O) groups is 2. The van der Waals surface area contributed by atoms with Gasteiger partial charge in [0.2, 0.25) is 11.8 Å². The van der Waals surface area contributed by atoms with Crippen LogP contribution in [0.15, 0.2) is 23.4 Å². The number of allylic oxidation sites excluding steroid dienone is 1. The van der Waals surface area contributed by atoms with E-state index in [1.165, 1.54) is 0 Å². The van der Waals surface area contributed by atoms with Crippen LogP contribution in [0.1, 0.15) is 32.1 Å². The van der Waals surface area contributed by atoms with Crippen LogP contribution in [0.25, 0.3) is 0 Å². The number of hydrogen-bond donors (Lipinski definition) is 3. The van der Waals surface area contributed by atoms with Crippen LogP contribution in [0.2, 0.25) is 0 Å². The smallest absolute Gasteiger partial charge is 0.250 e. The maximum Gasteiger partial charge on any atom is 0.250 e. The number of hydrogen-bond acceptors (Lipinski definition) is 5. The molecular formula is C19H30N4O3. The van der Waals surface area contributed by atoms with Gasteiger partial charge in [-0.25, -0.2) is 0 Å². The Hall–Kier alpha value is -1.86. The van der Waals surface area contributed by atoms with E-state index in [4.69, 9.17) is 16.2 Å². The first-order valence-electron chi connectivity index (χ1n) is 9.47. The maximum absolute atomic E-state index is 12.5. The van der Waals surface area contributed by atoms with Crippen LogP contribution < -0.4 is 16.8 Å². The molecule has 2 heterocycles. The van der Waals surface area contributed by atoms with Gasteiger partial charge in [0, 0.05) is 31.4 Å². The number of rotatable bonds is 5. The second-order valence-corrected chi connectivity index (χ2v) is 7.78. The Kier molecular flexibility index (Phi) is 5.67. The predicted molar refractivity (Wildman–Crippen MR) is 98.8 cm³/mol. The summed E-state index contributed by atoms with van der Waals surface area (Å²) in [5.41, 5.74) is 11.9. The Labute approximate surface area is 154 Å². The zero-order valence-electron chi connectivity index (χ0n) is 15.5. The van der Waals surface area contributed by atoms with Crippen molar-refractivity contribution in [1.29, 1.82) is 0 Å². The lowest BCUT2D eigenvalue weighted by atomic mass is 9.65. The van der Waals surface area contributed by atoms with Gasteiger partial charge in [-0.1, -0.05) is 12.2 Å². The van der Waals surface area contributed by atoms with Gasteiger partial charge < -0.3 is 26.4 Å². The van der Waals surface area contributed by atoms with Gasteiger partial charge in [0.05, 0.1) is 11.0 Å². The molecule has 0 bridgehead atoms. The molecule has 0 aromatic heterocycles. The molecule has 2 saturated heterocycles. The molecule has 0 spiro atoms. The molecule has 3 rings (SSSR count). The van der Waals surface area contributed by atoms with Crippen molar-refractivity contribution >= 4 is 11.8 Å². The lowest BCUT2D eigenvalue weighted by molar-refractivity contribution is -0.129. The summed E-state index contributed by atoms with van der Waals surface area (Å²) >= 11 is 0. The molecule has 2 aliphatic heterocycles. The van der Waals surface area contributed by atoms with E-state index >= 15 is 0 Å². The highest BCUT2D eigenvalue weighted by atomic mass is 16.5. The number of nitrogens with zero attached hydrogens (tertiary/aromatic N) is 1. The Morgan fingerprint density at radius 3 is 2.42 bits per heavy atom. The minimum atomic E-state index is -0.756. The van der Waals surface area contributed by atoms with Crippen LogP contribution in [0.3, 0.4) is 0 Å². The fraction of sp³-hybridized carbons (Fsp3) is 0.684. The summed E-state index contributed by atoms with van der Waals surface area (Å²) in [4.78, 5) is 26.7. The van der Waals surface area contributed by atoms with Crippen LogP contribution >= 0.6 is 0 Å². The van der Waals surface area contributed by atoms with Crippen LogP contribution in [0.4, 0.5) is 0 Å². The first-order valence-corrected chi connectivity index (χ1v) is 9.47. The molecule has 7 nitrogen and oxygen atoms in total.